The molecule has 2 aromatic heterocycles. The summed E-state index contributed by atoms with van der Waals surface area (Å²) in [6.07, 6.45) is 10.1. The van der Waals surface area contributed by atoms with E-state index in [2.05, 4.69) is 31.2 Å². The molecule has 0 N–H and O–H groups in total. The Morgan fingerprint density at radius 1 is 1.25 bits per heavy atom. The fraction of sp³-hybridized carbons (Fsp3) is 0.545. The van der Waals surface area contributed by atoms with Gasteiger partial charge in [-0.15, -0.1) is 5.10 Å². The molecule has 0 spiro atoms. The largest absolute Gasteiger partial charge is 0.234 e. The number of hydrogen-bond acceptors (Lipinski definition) is 3. The van der Waals surface area contributed by atoms with Crippen molar-refractivity contribution in [3.8, 4) is 0 Å². The van der Waals surface area contributed by atoms with Crippen LogP contribution < -0.4 is 0 Å². The van der Waals surface area contributed by atoms with Gasteiger partial charge in [-0.25, -0.2) is 9.50 Å². The number of rotatable bonds is 1. The summed E-state index contributed by atoms with van der Waals surface area (Å²) in [6, 6.07) is 0. The van der Waals surface area contributed by atoms with Crippen LogP contribution in [0.5, 0.6) is 0 Å². The molecule has 0 unspecified atom stereocenters. The highest BCUT2D eigenvalue weighted by Gasteiger charge is 2.21. The summed E-state index contributed by atoms with van der Waals surface area (Å²) in [4.78, 5) is 4.41. The standard InChI is InChI=1S/C11H13BrN4/c12-9-6-13-11-10(14-15-16(11)7-9)8-4-2-1-3-5-8/h6-8H,1-5H2. The zero-order valence-corrected chi connectivity index (χ0v) is 10.5. The molecule has 1 fully saturated rings. The third-order valence-corrected chi connectivity index (χ3v) is 3.65. The topological polar surface area (TPSA) is 43.1 Å². The van der Waals surface area contributed by atoms with Crippen LogP contribution in [0.25, 0.3) is 5.65 Å². The van der Waals surface area contributed by atoms with Gasteiger partial charge in [-0.3, -0.25) is 0 Å². The maximum Gasteiger partial charge on any atom is 0.179 e. The predicted molar refractivity (Wildman–Crippen MR) is 64.3 cm³/mol. The molecule has 1 aliphatic carbocycles. The van der Waals surface area contributed by atoms with Crippen molar-refractivity contribution in [1.82, 2.24) is 19.8 Å². The normalized spacial score (nSPS) is 18.1. The summed E-state index contributed by atoms with van der Waals surface area (Å²) in [5.41, 5.74) is 1.99. The third-order valence-electron chi connectivity index (χ3n) is 3.24. The van der Waals surface area contributed by atoms with E-state index < -0.39 is 0 Å². The van der Waals surface area contributed by atoms with Gasteiger partial charge < -0.3 is 0 Å². The first-order chi connectivity index (χ1) is 7.84. The number of fused-ring (bicyclic) bond motifs is 1. The molecule has 0 radical (unpaired) electrons. The summed E-state index contributed by atoms with van der Waals surface area (Å²) in [6.45, 7) is 0. The fourth-order valence-electron chi connectivity index (χ4n) is 2.43. The summed E-state index contributed by atoms with van der Waals surface area (Å²) in [5, 5.41) is 8.42. The average Bonchev–Trinajstić information content (AvgIpc) is 2.73. The Morgan fingerprint density at radius 2 is 2.06 bits per heavy atom. The molecule has 84 valence electrons. The van der Waals surface area contributed by atoms with Crippen LogP contribution in [-0.4, -0.2) is 19.8 Å². The Kier molecular flexibility index (Phi) is 2.63. The first-order valence-corrected chi connectivity index (χ1v) is 6.50. The van der Waals surface area contributed by atoms with Crippen molar-refractivity contribution in [2.75, 3.05) is 0 Å². The molecule has 0 aromatic carbocycles. The van der Waals surface area contributed by atoms with Gasteiger partial charge in [0.1, 0.15) is 5.69 Å². The van der Waals surface area contributed by atoms with Crippen LogP contribution in [0, 0.1) is 0 Å². The monoisotopic (exact) mass is 280 g/mol. The van der Waals surface area contributed by atoms with E-state index in [1.165, 1.54) is 32.1 Å². The maximum atomic E-state index is 4.41. The van der Waals surface area contributed by atoms with Crippen molar-refractivity contribution < 1.29 is 0 Å². The van der Waals surface area contributed by atoms with Crippen molar-refractivity contribution in [3.05, 3.63) is 22.6 Å². The number of aromatic nitrogens is 4. The van der Waals surface area contributed by atoms with Crippen molar-refractivity contribution in [3.63, 3.8) is 0 Å². The van der Waals surface area contributed by atoms with Gasteiger partial charge >= 0.3 is 0 Å². The molecule has 0 aliphatic heterocycles. The van der Waals surface area contributed by atoms with Crippen molar-refractivity contribution in [2.45, 2.75) is 38.0 Å². The zero-order valence-electron chi connectivity index (χ0n) is 8.93. The Bertz CT molecular complexity index is 502. The van der Waals surface area contributed by atoms with Crippen LogP contribution in [0.1, 0.15) is 43.7 Å². The number of nitrogens with zero attached hydrogens (tertiary/aromatic N) is 4. The summed E-state index contributed by atoms with van der Waals surface area (Å²) >= 11 is 3.39. The highest BCUT2D eigenvalue weighted by atomic mass is 79.9. The molecular weight excluding hydrogens is 268 g/mol. The minimum Gasteiger partial charge on any atom is -0.234 e. The Labute approximate surface area is 102 Å². The molecular formula is C11H13BrN4. The number of halogens is 1. The molecule has 0 bridgehead atoms. The van der Waals surface area contributed by atoms with E-state index in [0.717, 1.165) is 15.8 Å². The van der Waals surface area contributed by atoms with E-state index in [0.29, 0.717) is 5.92 Å². The SMILES string of the molecule is Brc1cnc2c(C3CCCCC3)nnn2c1. The predicted octanol–water partition coefficient (Wildman–Crippen LogP) is 2.93. The minimum atomic E-state index is 0.555. The first-order valence-electron chi connectivity index (χ1n) is 5.71. The Balaban J connectivity index is 2.03. The van der Waals surface area contributed by atoms with Crippen molar-refractivity contribution >= 4 is 21.6 Å². The van der Waals surface area contributed by atoms with Gasteiger partial charge in [0, 0.05) is 18.3 Å². The van der Waals surface area contributed by atoms with Gasteiger partial charge in [0.15, 0.2) is 5.65 Å². The van der Waals surface area contributed by atoms with Gasteiger partial charge in [-0.2, -0.15) is 0 Å². The van der Waals surface area contributed by atoms with Crippen LogP contribution in [-0.2, 0) is 0 Å². The molecule has 4 nitrogen and oxygen atoms in total. The molecule has 5 heteroatoms. The van der Waals surface area contributed by atoms with Gasteiger partial charge in [0.25, 0.3) is 0 Å². The summed E-state index contributed by atoms with van der Waals surface area (Å²) in [7, 11) is 0. The molecule has 0 amide bonds. The Hall–Kier alpha value is -0.970. The summed E-state index contributed by atoms with van der Waals surface area (Å²) < 4.78 is 2.69. The van der Waals surface area contributed by atoms with E-state index in [9.17, 15) is 0 Å². The fourth-order valence-corrected chi connectivity index (χ4v) is 2.72. The van der Waals surface area contributed by atoms with Crippen LogP contribution >= 0.6 is 15.9 Å². The lowest BCUT2D eigenvalue weighted by molar-refractivity contribution is 0.437. The van der Waals surface area contributed by atoms with E-state index >= 15 is 0 Å². The summed E-state index contributed by atoms with van der Waals surface area (Å²) in [5.74, 6) is 0.555. The van der Waals surface area contributed by atoms with Gasteiger partial charge in [0.2, 0.25) is 0 Å². The van der Waals surface area contributed by atoms with Crippen LogP contribution in [0.2, 0.25) is 0 Å². The van der Waals surface area contributed by atoms with Gasteiger partial charge in [-0.05, 0) is 28.8 Å². The molecule has 1 saturated carbocycles. The quantitative estimate of drug-likeness (QED) is 0.807. The van der Waals surface area contributed by atoms with Crippen LogP contribution in [0.3, 0.4) is 0 Å². The van der Waals surface area contributed by atoms with Crippen LogP contribution in [0.15, 0.2) is 16.9 Å². The van der Waals surface area contributed by atoms with E-state index in [1.54, 1.807) is 4.52 Å². The lowest BCUT2D eigenvalue weighted by Crippen LogP contribution is -2.05. The highest BCUT2D eigenvalue weighted by molar-refractivity contribution is 9.10. The lowest BCUT2D eigenvalue weighted by Gasteiger charge is -2.18. The molecule has 2 heterocycles. The molecule has 0 saturated heterocycles. The molecule has 2 aromatic rings. The maximum absolute atomic E-state index is 4.41. The molecule has 0 atom stereocenters. The smallest absolute Gasteiger partial charge is 0.179 e. The Morgan fingerprint density at radius 3 is 2.88 bits per heavy atom. The second-order valence-electron chi connectivity index (χ2n) is 4.35. The van der Waals surface area contributed by atoms with Gasteiger partial charge in [0.05, 0.1) is 4.47 Å². The minimum absolute atomic E-state index is 0.555. The lowest BCUT2D eigenvalue weighted by atomic mass is 9.87. The van der Waals surface area contributed by atoms with Crippen molar-refractivity contribution in [2.24, 2.45) is 0 Å². The van der Waals surface area contributed by atoms with E-state index in [4.69, 9.17) is 0 Å². The van der Waals surface area contributed by atoms with E-state index in [1.807, 2.05) is 12.4 Å². The van der Waals surface area contributed by atoms with E-state index in [-0.39, 0.29) is 0 Å². The average molecular weight is 281 g/mol. The zero-order chi connectivity index (χ0) is 11.0. The highest BCUT2D eigenvalue weighted by Crippen LogP contribution is 2.32. The third kappa shape index (κ3) is 1.73. The molecule has 3 rings (SSSR count). The second kappa shape index (κ2) is 4.13. The first kappa shape index (κ1) is 10.2. The second-order valence-corrected chi connectivity index (χ2v) is 5.27. The molecule has 1 aliphatic rings. The van der Waals surface area contributed by atoms with Gasteiger partial charge in [-0.1, -0.05) is 24.5 Å². The van der Waals surface area contributed by atoms with Crippen molar-refractivity contribution in [1.29, 1.82) is 0 Å². The van der Waals surface area contributed by atoms with Crippen LogP contribution in [0.4, 0.5) is 0 Å². The number of hydrogen-bond donors (Lipinski definition) is 0. The molecule has 16 heavy (non-hydrogen) atoms.